The molecule has 10 nitrogen and oxygen atoms in total. The summed E-state index contributed by atoms with van der Waals surface area (Å²) in [4.78, 5) is 46.2. The predicted molar refractivity (Wildman–Crippen MR) is 132 cm³/mol. The number of anilines is 1. The van der Waals surface area contributed by atoms with Gasteiger partial charge in [0.25, 0.3) is 0 Å². The van der Waals surface area contributed by atoms with Crippen molar-refractivity contribution in [3.63, 3.8) is 0 Å². The molecule has 35 heavy (non-hydrogen) atoms. The molecular formula is C24H27ClN6O4. The lowest BCUT2D eigenvalue weighted by atomic mass is 10.0. The van der Waals surface area contributed by atoms with E-state index in [-0.39, 0.29) is 11.9 Å². The lowest BCUT2D eigenvalue weighted by molar-refractivity contribution is 0.0911. The molecule has 1 aromatic carbocycles. The largest absolute Gasteiger partial charge is 0.450 e. The summed E-state index contributed by atoms with van der Waals surface area (Å²) in [6, 6.07) is 9.47. The molecule has 2 aromatic heterocycles. The van der Waals surface area contributed by atoms with Crippen LogP contribution in [0.5, 0.6) is 0 Å². The van der Waals surface area contributed by atoms with Crippen LogP contribution in [0.4, 0.5) is 10.6 Å². The van der Waals surface area contributed by atoms with Crippen molar-refractivity contribution in [2.45, 2.75) is 26.3 Å². The number of amides is 1. The number of hydrogen-bond donors (Lipinski definition) is 0. The Morgan fingerprint density at radius 1 is 1.06 bits per heavy atom. The minimum Gasteiger partial charge on any atom is -0.450 e. The molecule has 11 heteroatoms. The fourth-order valence-corrected chi connectivity index (χ4v) is 4.15. The Kier molecular flexibility index (Phi) is 7.50. The Labute approximate surface area is 207 Å². The molecule has 184 valence electrons. The van der Waals surface area contributed by atoms with Crippen molar-refractivity contribution in [3.8, 4) is 5.69 Å². The number of pyridine rings is 1. The molecule has 1 unspecified atom stereocenters. The van der Waals surface area contributed by atoms with Crippen LogP contribution in [0.2, 0.25) is 5.02 Å². The Hall–Kier alpha value is -3.66. The molecule has 1 atom stereocenters. The lowest BCUT2D eigenvalue weighted by Crippen LogP contribution is -2.49. The fraction of sp³-hybridized carbons (Fsp3) is 0.375. The number of carbonyl (C=O) groups is 2. The molecule has 1 fully saturated rings. The normalized spacial score (nSPS) is 14.6. The minimum atomic E-state index is -0.729. The number of aromatic nitrogens is 4. The maximum atomic E-state index is 13.1. The number of halogens is 1. The molecular weight excluding hydrogens is 472 g/mol. The fourth-order valence-electron chi connectivity index (χ4n) is 4.02. The first-order valence-corrected chi connectivity index (χ1v) is 11.9. The molecule has 0 N–H and O–H groups in total. The first kappa shape index (κ1) is 24.5. The second-order valence-electron chi connectivity index (χ2n) is 8.07. The van der Waals surface area contributed by atoms with Gasteiger partial charge in [-0.3, -0.25) is 4.79 Å². The Morgan fingerprint density at radius 2 is 1.77 bits per heavy atom. The van der Waals surface area contributed by atoms with Crippen molar-refractivity contribution in [1.29, 1.82) is 0 Å². The molecule has 0 aliphatic carbocycles. The Bertz CT molecular complexity index is 1230. The van der Waals surface area contributed by atoms with Gasteiger partial charge >= 0.3 is 11.8 Å². The summed E-state index contributed by atoms with van der Waals surface area (Å²) in [5.74, 6) is 0.550. The minimum absolute atomic E-state index is 0.202. The highest BCUT2D eigenvalue weighted by molar-refractivity contribution is 6.30. The highest BCUT2D eigenvalue weighted by atomic mass is 35.5. The van der Waals surface area contributed by atoms with Gasteiger partial charge in [0.05, 0.1) is 18.5 Å². The average Bonchev–Trinajstić information content (AvgIpc) is 3.26. The van der Waals surface area contributed by atoms with Crippen molar-refractivity contribution in [3.05, 3.63) is 70.0 Å². The van der Waals surface area contributed by atoms with Crippen LogP contribution in [0.1, 0.15) is 36.7 Å². The average molecular weight is 499 g/mol. The van der Waals surface area contributed by atoms with Crippen LogP contribution < -0.4 is 10.6 Å². The van der Waals surface area contributed by atoms with Crippen LogP contribution in [-0.4, -0.2) is 68.9 Å². The van der Waals surface area contributed by atoms with E-state index in [9.17, 15) is 14.4 Å². The van der Waals surface area contributed by atoms with Gasteiger partial charge in [0.1, 0.15) is 18.2 Å². The SMILES string of the molecule is CCOC(=O)N1CCN(c2ccc(-n3cnn(C(CC)C(=O)c4ccc(Cl)cc4)c3=O)cn2)CC1. The van der Waals surface area contributed by atoms with Crippen LogP contribution in [0.3, 0.4) is 0 Å². The van der Waals surface area contributed by atoms with E-state index in [1.807, 2.05) is 13.0 Å². The molecule has 3 aromatic rings. The molecule has 0 spiro atoms. The number of hydrogen-bond acceptors (Lipinski definition) is 7. The van der Waals surface area contributed by atoms with Crippen LogP contribution in [0.15, 0.2) is 53.7 Å². The van der Waals surface area contributed by atoms with E-state index >= 15 is 0 Å². The molecule has 4 rings (SSSR count). The number of piperazine rings is 1. The number of Topliss-reactive ketones (excluding diaryl/α,β-unsaturated/α-hetero) is 1. The molecule has 0 bridgehead atoms. The van der Waals surface area contributed by atoms with Gasteiger partial charge < -0.3 is 14.5 Å². The highest BCUT2D eigenvalue weighted by Crippen LogP contribution is 2.19. The zero-order chi connectivity index (χ0) is 24.9. The monoisotopic (exact) mass is 498 g/mol. The third-order valence-corrected chi connectivity index (χ3v) is 6.20. The van der Waals surface area contributed by atoms with Crippen molar-refractivity contribution in [2.24, 2.45) is 0 Å². The van der Waals surface area contributed by atoms with E-state index in [0.29, 0.717) is 55.5 Å². The number of nitrogens with zero attached hydrogens (tertiary/aromatic N) is 6. The molecule has 3 heterocycles. The predicted octanol–water partition coefficient (Wildman–Crippen LogP) is 3.19. The summed E-state index contributed by atoms with van der Waals surface area (Å²) in [5.41, 5.74) is 0.595. The number of ether oxygens (including phenoxy) is 1. The van der Waals surface area contributed by atoms with Gasteiger partial charge in [0, 0.05) is 36.8 Å². The molecule has 1 amide bonds. The topological polar surface area (TPSA) is 103 Å². The second kappa shape index (κ2) is 10.7. The second-order valence-corrected chi connectivity index (χ2v) is 8.51. The van der Waals surface area contributed by atoms with E-state index in [2.05, 4.69) is 15.0 Å². The number of carbonyl (C=O) groups excluding carboxylic acids is 2. The lowest BCUT2D eigenvalue weighted by Gasteiger charge is -2.34. The van der Waals surface area contributed by atoms with Gasteiger partial charge in [-0.2, -0.15) is 5.10 Å². The van der Waals surface area contributed by atoms with E-state index in [0.717, 1.165) is 5.82 Å². The Balaban J connectivity index is 1.47. The molecule has 1 aliphatic rings. The van der Waals surface area contributed by atoms with E-state index in [4.69, 9.17) is 16.3 Å². The highest BCUT2D eigenvalue weighted by Gasteiger charge is 2.25. The van der Waals surface area contributed by atoms with Crippen LogP contribution in [-0.2, 0) is 4.74 Å². The third-order valence-electron chi connectivity index (χ3n) is 5.95. The summed E-state index contributed by atoms with van der Waals surface area (Å²) in [6.07, 6.45) is 3.11. The summed E-state index contributed by atoms with van der Waals surface area (Å²) in [5, 5.41) is 4.75. The standard InChI is InChI=1S/C24H27ClN6O4/c1-3-20(22(32)17-5-7-18(25)8-6-17)31-23(33)30(16-27-31)19-9-10-21(26-15-19)28-11-13-29(14-12-28)24(34)35-4-2/h5-10,15-16,20H,3-4,11-14H2,1-2H3. The van der Waals surface area contributed by atoms with Gasteiger partial charge in [-0.15, -0.1) is 0 Å². The van der Waals surface area contributed by atoms with Crippen LogP contribution >= 0.6 is 11.6 Å². The van der Waals surface area contributed by atoms with Gasteiger partial charge in [-0.1, -0.05) is 18.5 Å². The molecule has 0 saturated carbocycles. The summed E-state index contributed by atoms with van der Waals surface area (Å²) >= 11 is 5.92. The first-order chi connectivity index (χ1) is 16.9. The first-order valence-electron chi connectivity index (χ1n) is 11.5. The summed E-state index contributed by atoms with van der Waals surface area (Å²) < 4.78 is 7.63. The van der Waals surface area contributed by atoms with Gasteiger partial charge in [-0.25, -0.2) is 23.8 Å². The number of rotatable bonds is 7. The van der Waals surface area contributed by atoms with Gasteiger partial charge in [-0.05, 0) is 49.7 Å². The third kappa shape index (κ3) is 5.22. The van der Waals surface area contributed by atoms with Gasteiger partial charge in [0.2, 0.25) is 0 Å². The van der Waals surface area contributed by atoms with Crippen molar-refractivity contribution in [2.75, 3.05) is 37.7 Å². The number of ketones is 1. The molecule has 1 saturated heterocycles. The molecule has 1 aliphatic heterocycles. The van der Waals surface area contributed by atoms with Crippen molar-refractivity contribution >= 4 is 29.3 Å². The summed E-state index contributed by atoms with van der Waals surface area (Å²) in [6.45, 7) is 6.34. The van der Waals surface area contributed by atoms with Crippen molar-refractivity contribution in [1.82, 2.24) is 24.2 Å². The zero-order valence-corrected chi connectivity index (χ0v) is 20.4. The Morgan fingerprint density at radius 3 is 2.37 bits per heavy atom. The van der Waals surface area contributed by atoms with E-state index in [1.165, 1.54) is 15.6 Å². The van der Waals surface area contributed by atoms with Gasteiger partial charge in [0.15, 0.2) is 5.78 Å². The molecule has 0 radical (unpaired) electrons. The summed E-state index contributed by atoms with van der Waals surface area (Å²) in [7, 11) is 0. The maximum Gasteiger partial charge on any atom is 0.409 e. The smallest absolute Gasteiger partial charge is 0.409 e. The van der Waals surface area contributed by atoms with Crippen LogP contribution in [0, 0.1) is 0 Å². The quantitative estimate of drug-likeness (QED) is 0.461. The van der Waals surface area contributed by atoms with E-state index in [1.54, 1.807) is 48.4 Å². The zero-order valence-electron chi connectivity index (χ0n) is 19.6. The maximum absolute atomic E-state index is 13.1. The van der Waals surface area contributed by atoms with E-state index < -0.39 is 11.7 Å². The van der Waals surface area contributed by atoms with Crippen LogP contribution in [0.25, 0.3) is 5.69 Å². The number of benzene rings is 1. The van der Waals surface area contributed by atoms with Crippen molar-refractivity contribution < 1.29 is 14.3 Å².